The van der Waals surface area contributed by atoms with Crippen molar-refractivity contribution in [1.29, 1.82) is 0 Å². The van der Waals surface area contributed by atoms with Crippen molar-refractivity contribution in [3.05, 3.63) is 124 Å². The summed E-state index contributed by atoms with van der Waals surface area (Å²) in [7, 11) is 1.57. The largest absolute Gasteiger partial charge is 0.496 e. The zero-order valence-corrected chi connectivity index (χ0v) is 25.9. The van der Waals surface area contributed by atoms with Crippen LogP contribution in [-0.2, 0) is 16.1 Å². The first-order chi connectivity index (χ1) is 20.7. The number of hydrogen-bond donors (Lipinski definition) is 1. The number of carboxylic acid groups (broad SMARTS) is 1. The number of benzene rings is 3. The third kappa shape index (κ3) is 6.32. The molecule has 5 rings (SSSR count). The molecule has 3 aromatic carbocycles. The standard InChI is InChI=1S/C32H27BrN2O7S/c1-4-41-31(39)27-18(2)34-32-35(28(27)21-10-13-25(40-3)24(33)16-21)29(36)26(43-32)15-19-8-11-23(12-9-19)42-17-20-6-5-7-22(14-20)30(37)38/h5-16,28H,4,17H2,1-3H3,(H,37,38)/b26-15-/t28-/m1/s1. The zero-order valence-electron chi connectivity index (χ0n) is 23.5. The van der Waals surface area contributed by atoms with E-state index in [0.717, 1.165) is 11.1 Å². The Labute approximate surface area is 259 Å². The molecule has 1 aromatic heterocycles. The third-order valence-electron chi connectivity index (χ3n) is 6.77. The summed E-state index contributed by atoms with van der Waals surface area (Å²) < 4.78 is 19.2. The summed E-state index contributed by atoms with van der Waals surface area (Å²) in [6.45, 7) is 3.87. The van der Waals surface area contributed by atoms with Gasteiger partial charge in [0.25, 0.3) is 5.56 Å². The molecule has 9 nitrogen and oxygen atoms in total. The Morgan fingerprint density at radius 1 is 1.12 bits per heavy atom. The smallest absolute Gasteiger partial charge is 0.338 e. The van der Waals surface area contributed by atoms with Gasteiger partial charge in [0.05, 0.1) is 45.6 Å². The molecule has 2 heterocycles. The minimum absolute atomic E-state index is 0.188. The number of rotatable bonds is 9. The summed E-state index contributed by atoms with van der Waals surface area (Å²) in [5, 5.41) is 9.19. The van der Waals surface area contributed by atoms with Gasteiger partial charge in [-0.3, -0.25) is 9.36 Å². The Kier molecular flexibility index (Phi) is 8.93. The normalized spacial score (nSPS) is 14.6. The van der Waals surface area contributed by atoms with Gasteiger partial charge in [0.1, 0.15) is 18.1 Å². The van der Waals surface area contributed by atoms with Gasteiger partial charge < -0.3 is 19.3 Å². The van der Waals surface area contributed by atoms with Gasteiger partial charge in [-0.25, -0.2) is 14.6 Å². The monoisotopic (exact) mass is 662 g/mol. The van der Waals surface area contributed by atoms with Crippen molar-refractivity contribution >= 4 is 45.3 Å². The highest BCUT2D eigenvalue weighted by atomic mass is 79.9. The lowest BCUT2D eigenvalue weighted by molar-refractivity contribution is -0.139. The van der Waals surface area contributed by atoms with E-state index in [2.05, 4.69) is 20.9 Å². The lowest BCUT2D eigenvalue weighted by atomic mass is 9.96. The molecule has 11 heteroatoms. The number of carboxylic acids is 1. The summed E-state index contributed by atoms with van der Waals surface area (Å²) >= 11 is 4.76. The lowest BCUT2D eigenvalue weighted by Crippen LogP contribution is -2.39. The molecule has 0 bridgehead atoms. The van der Waals surface area contributed by atoms with Crippen LogP contribution >= 0.6 is 27.3 Å². The first-order valence-corrected chi connectivity index (χ1v) is 14.9. The molecule has 0 unspecified atom stereocenters. The maximum Gasteiger partial charge on any atom is 0.338 e. The van der Waals surface area contributed by atoms with Crippen LogP contribution < -0.4 is 24.4 Å². The van der Waals surface area contributed by atoms with Crippen LogP contribution in [0.15, 0.2) is 92.3 Å². The highest BCUT2D eigenvalue weighted by Crippen LogP contribution is 2.35. The second-order valence-corrected chi connectivity index (χ2v) is 11.4. The van der Waals surface area contributed by atoms with E-state index in [1.165, 1.54) is 22.0 Å². The molecule has 0 saturated heterocycles. The van der Waals surface area contributed by atoms with Crippen LogP contribution in [-0.4, -0.2) is 35.3 Å². The molecule has 0 radical (unpaired) electrons. The molecule has 1 atom stereocenters. The average Bonchev–Trinajstić information content (AvgIpc) is 3.30. The van der Waals surface area contributed by atoms with Crippen LogP contribution in [0.1, 0.15) is 46.9 Å². The fraction of sp³-hybridized carbons (Fsp3) is 0.188. The van der Waals surface area contributed by atoms with E-state index in [1.807, 2.05) is 24.3 Å². The molecule has 0 saturated carbocycles. The lowest BCUT2D eigenvalue weighted by Gasteiger charge is -2.25. The van der Waals surface area contributed by atoms with Crippen LogP contribution in [0, 0.1) is 0 Å². The number of methoxy groups -OCH3 is 1. The molecule has 0 amide bonds. The van der Waals surface area contributed by atoms with Crippen molar-refractivity contribution in [2.45, 2.75) is 26.5 Å². The van der Waals surface area contributed by atoms with E-state index in [-0.39, 0.29) is 24.3 Å². The highest BCUT2D eigenvalue weighted by molar-refractivity contribution is 9.10. The molecule has 0 aliphatic carbocycles. The van der Waals surface area contributed by atoms with Gasteiger partial charge in [-0.15, -0.1) is 0 Å². The quantitative estimate of drug-likeness (QED) is 0.255. The Bertz CT molecular complexity index is 1930. The van der Waals surface area contributed by atoms with Crippen molar-refractivity contribution in [3.63, 3.8) is 0 Å². The SMILES string of the molecule is CCOC(=O)C1=C(C)N=c2s/c(=C\c3ccc(OCc4cccc(C(=O)O)c4)cc3)c(=O)n2[C@@H]1c1ccc(OC)c(Br)c1. The van der Waals surface area contributed by atoms with E-state index in [0.29, 0.717) is 42.1 Å². The number of nitrogens with zero attached hydrogens (tertiary/aromatic N) is 2. The number of fused-ring (bicyclic) bond motifs is 1. The second kappa shape index (κ2) is 12.8. The van der Waals surface area contributed by atoms with Crippen LogP contribution in [0.3, 0.4) is 0 Å². The van der Waals surface area contributed by atoms with Crippen molar-refractivity contribution in [2.24, 2.45) is 4.99 Å². The molecule has 1 aliphatic heterocycles. The minimum atomic E-state index is -0.994. The van der Waals surface area contributed by atoms with Gasteiger partial charge >= 0.3 is 11.9 Å². The molecule has 220 valence electrons. The molecular weight excluding hydrogens is 636 g/mol. The molecule has 0 spiro atoms. The predicted molar refractivity (Wildman–Crippen MR) is 165 cm³/mol. The number of halogens is 1. The molecule has 0 fully saturated rings. The van der Waals surface area contributed by atoms with Gasteiger partial charge in [0.15, 0.2) is 4.80 Å². The van der Waals surface area contributed by atoms with Crippen LogP contribution in [0.25, 0.3) is 6.08 Å². The van der Waals surface area contributed by atoms with Gasteiger partial charge in [0, 0.05) is 0 Å². The molecule has 43 heavy (non-hydrogen) atoms. The van der Waals surface area contributed by atoms with Gasteiger partial charge in [-0.1, -0.05) is 41.7 Å². The fourth-order valence-corrected chi connectivity index (χ4v) is 6.34. The van der Waals surface area contributed by atoms with E-state index < -0.39 is 18.0 Å². The summed E-state index contributed by atoms with van der Waals surface area (Å²) in [6, 6.07) is 18.5. The van der Waals surface area contributed by atoms with E-state index in [1.54, 1.807) is 63.4 Å². The number of esters is 1. The van der Waals surface area contributed by atoms with Crippen LogP contribution in [0.5, 0.6) is 11.5 Å². The Morgan fingerprint density at radius 3 is 2.56 bits per heavy atom. The van der Waals surface area contributed by atoms with Crippen molar-refractivity contribution in [2.75, 3.05) is 13.7 Å². The third-order valence-corrected chi connectivity index (χ3v) is 8.37. The molecule has 1 N–H and O–H groups in total. The second-order valence-electron chi connectivity index (χ2n) is 9.56. The highest BCUT2D eigenvalue weighted by Gasteiger charge is 2.33. The summed E-state index contributed by atoms with van der Waals surface area (Å²) in [5.74, 6) is -0.304. The molecule has 4 aromatic rings. The summed E-state index contributed by atoms with van der Waals surface area (Å²) in [4.78, 5) is 43.3. The maximum atomic E-state index is 13.8. The number of aromatic carboxylic acids is 1. The average molecular weight is 664 g/mol. The van der Waals surface area contributed by atoms with Crippen molar-refractivity contribution < 1.29 is 28.9 Å². The summed E-state index contributed by atoms with van der Waals surface area (Å²) in [5.41, 5.74) is 2.91. The first kappa shape index (κ1) is 30.0. The minimum Gasteiger partial charge on any atom is -0.496 e. The van der Waals surface area contributed by atoms with E-state index >= 15 is 0 Å². The Hall–Kier alpha value is -4.48. The predicted octanol–water partition coefficient (Wildman–Crippen LogP) is 4.85. The number of thiazole rings is 1. The van der Waals surface area contributed by atoms with Gasteiger partial charge in [-0.05, 0) is 88.9 Å². The van der Waals surface area contributed by atoms with Gasteiger partial charge in [0.2, 0.25) is 0 Å². The van der Waals surface area contributed by atoms with Gasteiger partial charge in [-0.2, -0.15) is 0 Å². The zero-order chi connectivity index (χ0) is 30.7. The number of aromatic nitrogens is 1. The van der Waals surface area contributed by atoms with Crippen molar-refractivity contribution in [3.8, 4) is 11.5 Å². The Morgan fingerprint density at radius 2 is 1.88 bits per heavy atom. The Balaban J connectivity index is 1.48. The summed E-state index contributed by atoms with van der Waals surface area (Å²) in [6.07, 6.45) is 1.77. The molecular formula is C32H27BrN2O7S. The first-order valence-electron chi connectivity index (χ1n) is 13.3. The number of carbonyl (C=O) groups is 2. The molecule has 1 aliphatic rings. The number of ether oxygens (including phenoxy) is 3. The number of carbonyl (C=O) groups excluding carboxylic acids is 1. The fourth-order valence-electron chi connectivity index (χ4n) is 4.73. The number of hydrogen-bond acceptors (Lipinski definition) is 8. The van der Waals surface area contributed by atoms with E-state index in [9.17, 15) is 19.5 Å². The van der Waals surface area contributed by atoms with Crippen molar-refractivity contribution in [1.82, 2.24) is 4.57 Å². The van der Waals surface area contributed by atoms with E-state index in [4.69, 9.17) is 14.2 Å². The maximum absolute atomic E-state index is 13.8. The van der Waals surface area contributed by atoms with Crippen LogP contribution in [0.4, 0.5) is 0 Å². The topological polar surface area (TPSA) is 116 Å². The number of allylic oxidation sites excluding steroid dienone is 1. The van der Waals surface area contributed by atoms with Crippen LogP contribution in [0.2, 0.25) is 0 Å².